The highest BCUT2D eigenvalue weighted by Crippen LogP contribution is 2.33. The van der Waals surface area contributed by atoms with E-state index >= 15 is 0 Å². The van der Waals surface area contributed by atoms with Crippen molar-refractivity contribution in [1.82, 2.24) is 15.2 Å². The first kappa shape index (κ1) is 17.0. The number of thiazole rings is 1. The third-order valence-corrected chi connectivity index (χ3v) is 6.79. The molecular formula is C19H27N3O2S. The third-order valence-electron chi connectivity index (χ3n) is 5.73. The molecule has 2 aliphatic carbocycles. The van der Waals surface area contributed by atoms with Crippen LogP contribution in [0.2, 0.25) is 0 Å². The smallest absolute Gasteiger partial charge is 0.225 e. The summed E-state index contributed by atoms with van der Waals surface area (Å²) < 4.78 is 0. The van der Waals surface area contributed by atoms with Crippen LogP contribution in [0.15, 0.2) is 5.38 Å². The first-order valence-corrected chi connectivity index (χ1v) is 10.6. The Hall–Kier alpha value is -1.43. The molecule has 3 fully saturated rings. The lowest BCUT2D eigenvalue weighted by atomic mass is 9.83. The van der Waals surface area contributed by atoms with E-state index in [0.29, 0.717) is 24.3 Å². The normalized spacial score (nSPS) is 24.0. The number of nitrogens with zero attached hydrogens (tertiary/aromatic N) is 2. The molecule has 0 spiro atoms. The van der Waals surface area contributed by atoms with Crippen LogP contribution in [-0.4, -0.2) is 41.3 Å². The highest BCUT2D eigenvalue weighted by atomic mass is 32.1. The predicted molar refractivity (Wildman–Crippen MR) is 97.4 cm³/mol. The van der Waals surface area contributed by atoms with Gasteiger partial charge in [0.15, 0.2) is 0 Å². The van der Waals surface area contributed by atoms with Gasteiger partial charge in [-0.05, 0) is 38.5 Å². The molecule has 1 aromatic rings. The molecule has 1 aliphatic heterocycles. The van der Waals surface area contributed by atoms with Crippen molar-refractivity contribution in [3.05, 3.63) is 16.1 Å². The summed E-state index contributed by atoms with van der Waals surface area (Å²) >= 11 is 1.71. The molecule has 1 N–H and O–H groups in total. The second-order valence-corrected chi connectivity index (χ2v) is 8.63. The molecule has 2 amide bonds. The van der Waals surface area contributed by atoms with Crippen molar-refractivity contribution in [1.29, 1.82) is 0 Å². The van der Waals surface area contributed by atoms with Gasteiger partial charge in [-0.25, -0.2) is 4.98 Å². The molecule has 0 aromatic carbocycles. The van der Waals surface area contributed by atoms with Crippen molar-refractivity contribution in [2.45, 2.75) is 57.3 Å². The maximum Gasteiger partial charge on any atom is 0.225 e. The topological polar surface area (TPSA) is 62.3 Å². The Morgan fingerprint density at radius 3 is 2.72 bits per heavy atom. The van der Waals surface area contributed by atoms with Crippen LogP contribution in [0.3, 0.4) is 0 Å². The Kier molecular flexibility index (Phi) is 5.06. The second kappa shape index (κ2) is 7.44. The lowest BCUT2D eigenvalue weighted by molar-refractivity contribution is -0.139. The maximum atomic E-state index is 12.5. The Labute approximate surface area is 153 Å². The van der Waals surface area contributed by atoms with E-state index in [0.717, 1.165) is 68.7 Å². The average molecular weight is 362 g/mol. The molecule has 6 heteroatoms. The standard InChI is InChI=1S/C19H27N3O2S/c23-17(13-6-7-13)20-9-8-16-12-25-18(21-16)15-5-2-10-22(11-15)19(24)14-3-1-4-14/h12-15H,1-11H2,(H,20,23). The number of amides is 2. The Morgan fingerprint density at radius 2 is 2.00 bits per heavy atom. The van der Waals surface area contributed by atoms with Crippen LogP contribution in [0, 0.1) is 11.8 Å². The van der Waals surface area contributed by atoms with Crippen molar-refractivity contribution in [3.63, 3.8) is 0 Å². The van der Waals surface area contributed by atoms with Crippen molar-refractivity contribution < 1.29 is 9.59 Å². The van der Waals surface area contributed by atoms with Gasteiger partial charge in [-0.2, -0.15) is 0 Å². The van der Waals surface area contributed by atoms with E-state index in [-0.39, 0.29) is 11.8 Å². The number of hydrogen-bond donors (Lipinski definition) is 1. The number of hydrogen-bond acceptors (Lipinski definition) is 4. The minimum atomic E-state index is 0.202. The fraction of sp³-hybridized carbons (Fsp3) is 0.737. The van der Waals surface area contributed by atoms with Gasteiger partial charge >= 0.3 is 0 Å². The SMILES string of the molecule is O=C(NCCc1csc(C2CCCN(C(=O)C3CCC3)C2)n1)C1CC1. The van der Waals surface area contributed by atoms with Gasteiger partial charge in [0, 0.05) is 49.2 Å². The minimum Gasteiger partial charge on any atom is -0.355 e. The van der Waals surface area contributed by atoms with Gasteiger partial charge in [-0.1, -0.05) is 6.42 Å². The second-order valence-electron chi connectivity index (χ2n) is 7.74. The highest BCUT2D eigenvalue weighted by molar-refractivity contribution is 7.09. The Bertz CT molecular complexity index is 636. The number of carbonyl (C=O) groups is 2. The van der Waals surface area contributed by atoms with Gasteiger partial charge in [-0.15, -0.1) is 11.3 Å². The van der Waals surface area contributed by atoms with Crippen molar-refractivity contribution in [2.24, 2.45) is 11.8 Å². The number of piperidine rings is 1. The van der Waals surface area contributed by atoms with Crippen molar-refractivity contribution in [3.8, 4) is 0 Å². The Morgan fingerprint density at radius 1 is 1.16 bits per heavy atom. The molecule has 1 aromatic heterocycles. The molecular weight excluding hydrogens is 334 g/mol. The summed E-state index contributed by atoms with van der Waals surface area (Å²) in [5.74, 6) is 1.52. The zero-order chi connectivity index (χ0) is 17.2. The van der Waals surface area contributed by atoms with Gasteiger partial charge < -0.3 is 10.2 Å². The summed E-state index contributed by atoms with van der Waals surface area (Å²) in [5.41, 5.74) is 1.07. The molecule has 2 saturated carbocycles. The average Bonchev–Trinajstić information content (AvgIpc) is 3.32. The molecule has 0 radical (unpaired) electrons. The zero-order valence-electron chi connectivity index (χ0n) is 14.7. The molecule has 1 atom stereocenters. The first-order valence-electron chi connectivity index (χ1n) is 9.71. The lowest BCUT2D eigenvalue weighted by Crippen LogP contribution is -2.44. The van der Waals surface area contributed by atoms with Crippen LogP contribution in [0.4, 0.5) is 0 Å². The van der Waals surface area contributed by atoms with Crippen LogP contribution in [0.5, 0.6) is 0 Å². The zero-order valence-corrected chi connectivity index (χ0v) is 15.5. The van der Waals surface area contributed by atoms with Gasteiger partial charge in [0.2, 0.25) is 11.8 Å². The molecule has 3 aliphatic rings. The predicted octanol–water partition coefficient (Wildman–Crippen LogP) is 2.72. The molecule has 136 valence electrons. The van der Waals surface area contributed by atoms with Crippen LogP contribution in [0.1, 0.15) is 61.6 Å². The highest BCUT2D eigenvalue weighted by Gasteiger charge is 2.33. The summed E-state index contributed by atoms with van der Waals surface area (Å²) in [5, 5.41) is 6.28. The molecule has 0 bridgehead atoms. The van der Waals surface area contributed by atoms with Gasteiger partial charge in [0.25, 0.3) is 0 Å². The number of rotatable bonds is 6. The van der Waals surface area contributed by atoms with Crippen LogP contribution in [0.25, 0.3) is 0 Å². The molecule has 1 unspecified atom stereocenters. The van der Waals surface area contributed by atoms with E-state index in [1.165, 1.54) is 6.42 Å². The largest absolute Gasteiger partial charge is 0.355 e. The van der Waals surface area contributed by atoms with E-state index in [2.05, 4.69) is 15.6 Å². The maximum absolute atomic E-state index is 12.5. The van der Waals surface area contributed by atoms with Crippen LogP contribution in [-0.2, 0) is 16.0 Å². The van der Waals surface area contributed by atoms with Gasteiger partial charge in [0.05, 0.1) is 10.7 Å². The van der Waals surface area contributed by atoms with Crippen LogP contribution >= 0.6 is 11.3 Å². The summed E-state index contributed by atoms with van der Waals surface area (Å²) in [4.78, 5) is 31.0. The van der Waals surface area contributed by atoms with E-state index < -0.39 is 0 Å². The molecule has 4 rings (SSSR count). The Balaban J connectivity index is 1.28. The van der Waals surface area contributed by atoms with Crippen molar-refractivity contribution in [2.75, 3.05) is 19.6 Å². The molecule has 25 heavy (non-hydrogen) atoms. The van der Waals surface area contributed by atoms with E-state index in [4.69, 9.17) is 4.98 Å². The number of likely N-dealkylation sites (tertiary alicyclic amines) is 1. The fourth-order valence-corrected chi connectivity index (χ4v) is 4.70. The summed E-state index contributed by atoms with van der Waals surface area (Å²) in [6, 6.07) is 0. The molecule has 5 nitrogen and oxygen atoms in total. The molecule has 1 saturated heterocycles. The fourth-order valence-electron chi connectivity index (χ4n) is 3.72. The van der Waals surface area contributed by atoms with E-state index in [1.54, 1.807) is 11.3 Å². The number of nitrogens with one attached hydrogen (secondary N) is 1. The monoisotopic (exact) mass is 361 g/mol. The number of aromatic nitrogens is 1. The third kappa shape index (κ3) is 4.05. The van der Waals surface area contributed by atoms with Crippen LogP contribution < -0.4 is 5.32 Å². The quantitative estimate of drug-likeness (QED) is 0.847. The van der Waals surface area contributed by atoms with E-state index in [9.17, 15) is 9.59 Å². The molecule has 2 heterocycles. The number of carbonyl (C=O) groups excluding carboxylic acids is 2. The van der Waals surface area contributed by atoms with Crippen molar-refractivity contribution >= 4 is 23.2 Å². The summed E-state index contributed by atoms with van der Waals surface area (Å²) in [7, 11) is 0. The minimum absolute atomic E-state index is 0.202. The summed E-state index contributed by atoms with van der Waals surface area (Å²) in [6.07, 6.45) is 8.46. The lowest BCUT2D eigenvalue weighted by Gasteiger charge is -2.36. The first-order chi connectivity index (χ1) is 12.2. The summed E-state index contributed by atoms with van der Waals surface area (Å²) in [6.45, 7) is 2.42. The van der Waals surface area contributed by atoms with Gasteiger partial charge in [-0.3, -0.25) is 9.59 Å². The van der Waals surface area contributed by atoms with Gasteiger partial charge in [0.1, 0.15) is 0 Å². The van der Waals surface area contributed by atoms with E-state index in [1.807, 2.05) is 0 Å².